The molecule has 1 aromatic rings. The van der Waals surface area contributed by atoms with Crippen LogP contribution >= 0.6 is 11.6 Å². The number of rotatable bonds is 5. The number of hydrogen-bond donors (Lipinski definition) is 2. The van der Waals surface area contributed by atoms with Crippen LogP contribution in [0.1, 0.15) is 19.4 Å². The Morgan fingerprint density at radius 3 is 2.56 bits per heavy atom. The van der Waals surface area contributed by atoms with Gasteiger partial charge in [-0.05, 0) is 25.5 Å². The highest BCUT2D eigenvalue weighted by Crippen LogP contribution is 2.33. The lowest BCUT2D eigenvalue weighted by atomic mass is 10.2. The Bertz CT molecular complexity index is 355. The van der Waals surface area contributed by atoms with E-state index in [1.54, 1.807) is 19.2 Å². The molecule has 0 unspecified atom stereocenters. The minimum Gasteiger partial charge on any atom is -0.493 e. The lowest BCUT2D eigenvalue weighted by Gasteiger charge is -2.15. The van der Waals surface area contributed by atoms with Crippen LogP contribution in [0.15, 0.2) is 12.1 Å². The van der Waals surface area contributed by atoms with Crippen molar-refractivity contribution in [1.82, 2.24) is 5.48 Å². The van der Waals surface area contributed by atoms with Crippen LogP contribution in [0.2, 0.25) is 5.02 Å². The second kappa shape index (κ2) is 5.94. The second-order valence-electron chi connectivity index (χ2n) is 3.60. The number of benzene rings is 1. The molecule has 1 aromatic carbocycles. The van der Waals surface area contributed by atoms with Gasteiger partial charge in [0, 0.05) is 17.6 Å². The number of hydroxylamine groups is 1. The van der Waals surface area contributed by atoms with Crippen LogP contribution in [0.4, 0.5) is 0 Å². The van der Waals surface area contributed by atoms with Crippen molar-refractivity contribution in [3.8, 4) is 11.5 Å². The summed E-state index contributed by atoms with van der Waals surface area (Å²) >= 11 is 6.01. The van der Waals surface area contributed by atoms with Crippen molar-refractivity contribution in [3.05, 3.63) is 22.7 Å². The third kappa shape index (κ3) is 3.27. The van der Waals surface area contributed by atoms with E-state index in [2.05, 4.69) is 5.48 Å². The molecule has 4 nitrogen and oxygen atoms in total. The molecular weight excluding hydrogens is 230 g/mol. The predicted molar refractivity (Wildman–Crippen MR) is 62.4 cm³/mol. The van der Waals surface area contributed by atoms with Gasteiger partial charge in [0.05, 0.1) is 13.2 Å². The molecule has 0 radical (unpaired) electrons. The average molecular weight is 246 g/mol. The first-order chi connectivity index (χ1) is 7.58. The summed E-state index contributed by atoms with van der Waals surface area (Å²) in [5, 5.41) is 9.19. The molecule has 1 rings (SSSR count). The Kier molecular flexibility index (Phi) is 4.86. The zero-order valence-electron chi connectivity index (χ0n) is 9.58. The summed E-state index contributed by atoms with van der Waals surface area (Å²) in [6.45, 7) is 4.12. The molecule has 0 aliphatic rings. The van der Waals surface area contributed by atoms with E-state index in [1.807, 2.05) is 13.8 Å². The van der Waals surface area contributed by atoms with Gasteiger partial charge in [-0.1, -0.05) is 11.6 Å². The summed E-state index contributed by atoms with van der Waals surface area (Å²) in [4.78, 5) is 0. The van der Waals surface area contributed by atoms with Crippen molar-refractivity contribution in [2.24, 2.45) is 0 Å². The Balaban J connectivity index is 3.07. The fourth-order valence-corrected chi connectivity index (χ4v) is 1.52. The number of nitrogens with one attached hydrogen (secondary N) is 1. The van der Waals surface area contributed by atoms with Crippen molar-refractivity contribution in [1.29, 1.82) is 0 Å². The SMILES string of the molecule is COc1cc(Cl)c(CNO)cc1OC(C)C. The Morgan fingerprint density at radius 2 is 2.06 bits per heavy atom. The van der Waals surface area contributed by atoms with Gasteiger partial charge in [-0.2, -0.15) is 0 Å². The minimum atomic E-state index is 0.0463. The molecule has 0 heterocycles. The molecule has 0 aliphatic heterocycles. The molecule has 0 atom stereocenters. The van der Waals surface area contributed by atoms with Crippen LogP contribution in [0.3, 0.4) is 0 Å². The van der Waals surface area contributed by atoms with Crippen molar-refractivity contribution in [3.63, 3.8) is 0 Å². The maximum absolute atomic E-state index is 8.66. The zero-order valence-corrected chi connectivity index (χ0v) is 10.3. The molecule has 0 aromatic heterocycles. The standard InChI is InChI=1S/C11H16ClNO3/c1-7(2)16-11-4-8(6-13-14)9(12)5-10(11)15-3/h4-5,7,13-14H,6H2,1-3H3. The summed E-state index contributed by atoms with van der Waals surface area (Å²) in [6, 6.07) is 3.43. The van der Waals surface area contributed by atoms with E-state index in [1.165, 1.54) is 0 Å². The van der Waals surface area contributed by atoms with Crippen LogP contribution in [-0.2, 0) is 6.54 Å². The molecule has 0 aliphatic carbocycles. The van der Waals surface area contributed by atoms with Crippen LogP contribution in [0, 0.1) is 0 Å². The van der Waals surface area contributed by atoms with Crippen LogP contribution in [-0.4, -0.2) is 18.4 Å². The van der Waals surface area contributed by atoms with Crippen molar-refractivity contribution < 1.29 is 14.7 Å². The maximum Gasteiger partial charge on any atom is 0.162 e. The van der Waals surface area contributed by atoms with Gasteiger partial charge in [0.15, 0.2) is 11.5 Å². The van der Waals surface area contributed by atoms with Gasteiger partial charge in [-0.15, -0.1) is 0 Å². The first-order valence-corrected chi connectivity index (χ1v) is 5.36. The maximum atomic E-state index is 8.66. The van der Waals surface area contributed by atoms with Gasteiger partial charge in [0.25, 0.3) is 0 Å². The normalized spacial score (nSPS) is 10.6. The van der Waals surface area contributed by atoms with Gasteiger partial charge in [-0.3, -0.25) is 0 Å². The zero-order chi connectivity index (χ0) is 12.1. The van der Waals surface area contributed by atoms with E-state index >= 15 is 0 Å². The lowest BCUT2D eigenvalue weighted by molar-refractivity contribution is 0.161. The van der Waals surface area contributed by atoms with Crippen molar-refractivity contribution in [2.45, 2.75) is 26.5 Å². The van der Waals surface area contributed by atoms with Crippen molar-refractivity contribution >= 4 is 11.6 Å². The lowest BCUT2D eigenvalue weighted by Crippen LogP contribution is -2.10. The fraction of sp³-hybridized carbons (Fsp3) is 0.455. The third-order valence-corrected chi connectivity index (χ3v) is 2.32. The monoisotopic (exact) mass is 245 g/mol. The summed E-state index contributed by atoms with van der Waals surface area (Å²) in [6.07, 6.45) is 0.0463. The molecule has 5 heteroatoms. The second-order valence-corrected chi connectivity index (χ2v) is 4.00. The van der Waals surface area contributed by atoms with Crippen LogP contribution in [0.5, 0.6) is 11.5 Å². The van der Waals surface area contributed by atoms with E-state index in [-0.39, 0.29) is 12.6 Å². The fourth-order valence-electron chi connectivity index (χ4n) is 1.30. The molecule has 0 spiro atoms. The van der Waals surface area contributed by atoms with Crippen molar-refractivity contribution in [2.75, 3.05) is 7.11 Å². The van der Waals surface area contributed by atoms with Gasteiger partial charge >= 0.3 is 0 Å². The summed E-state index contributed by atoms with van der Waals surface area (Å²) in [7, 11) is 1.56. The Morgan fingerprint density at radius 1 is 1.38 bits per heavy atom. The Hall–Kier alpha value is -0.970. The summed E-state index contributed by atoms with van der Waals surface area (Å²) < 4.78 is 10.8. The third-order valence-electron chi connectivity index (χ3n) is 1.96. The quantitative estimate of drug-likeness (QED) is 0.783. The molecule has 16 heavy (non-hydrogen) atoms. The van der Waals surface area contributed by atoms with Gasteiger partial charge < -0.3 is 14.7 Å². The molecule has 2 N–H and O–H groups in total. The molecule has 0 bridgehead atoms. The van der Waals surface area contributed by atoms with Gasteiger partial charge in [-0.25, -0.2) is 5.48 Å². The number of hydrogen-bond acceptors (Lipinski definition) is 4. The van der Waals surface area contributed by atoms with E-state index in [9.17, 15) is 0 Å². The predicted octanol–water partition coefficient (Wildman–Crippen LogP) is 2.61. The molecule has 0 fully saturated rings. The number of methoxy groups -OCH3 is 1. The summed E-state index contributed by atoms with van der Waals surface area (Å²) in [5.74, 6) is 1.20. The first-order valence-electron chi connectivity index (χ1n) is 4.98. The van der Waals surface area contributed by atoms with E-state index in [4.69, 9.17) is 26.3 Å². The van der Waals surface area contributed by atoms with Crippen LogP contribution in [0.25, 0.3) is 0 Å². The van der Waals surface area contributed by atoms with Gasteiger partial charge in [0.2, 0.25) is 0 Å². The molecular formula is C11H16ClNO3. The first kappa shape index (κ1) is 13.1. The highest BCUT2D eigenvalue weighted by molar-refractivity contribution is 6.31. The van der Waals surface area contributed by atoms with E-state index in [0.717, 1.165) is 5.56 Å². The van der Waals surface area contributed by atoms with E-state index < -0.39 is 0 Å². The van der Waals surface area contributed by atoms with Gasteiger partial charge in [0.1, 0.15) is 0 Å². The highest BCUT2D eigenvalue weighted by Gasteiger charge is 2.11. The molecule has 90 valence electrons. The molecule has 0 amide bonds. The van der Waals surface area contributed by atoms with E-state index in [0.29, 0.717) is 16.5 Å². The highest BCUT2D eigenvalue weighted by atomic mass is 35.5. The molecule has 0 saturated heterocycles. The number of halogens is 1. The summed E-state index contributed by atoms with van der Waals surface area (Å²) in [5.41, 5.74) is 2.81. The largest absolute Gasteiger partial charge is 0.493 e. The van der Waals surface area contributed by atoms with Crippen LogP contribution < -0.4 is 15.0 Å². The number of ether oxygens (including phenoxy) is 2. The topological polar surface area (TPSA) is 50.7 Å². The molecule has 0 saturated carbocycles. The Labute approximate surface area is 100 Å². The average Bonchev–Trinajstić information content (AvgIpc) is 2.22. The minimum absolute atomic E-state index is 0.0463. The smallest absolute Gasteiger partial charge is 0.162 e.